The molecule has 3 heteroatoms. The number of unbranched alkanes of at least 4 members (excludes halogenated alkanes) is 2. The van der Waals surface area contributed by atoms with Gasteiger partial charge in [0.25, 0.3) is 5.91 Å². The van der Waals surface area contributed by atoms with Gasteiger partial charge in [-0.3, -0.25) is 4.79 Å². The number of aromatic nitrogens is 1. The fourth-order valence-electron chi connectivity index (χ4n) is 1.99. The molecule has 0 unspecified atom stereocenters. The first-order valence-electron chi connectivity index (χ1n) is 6.83. The Kier molecular flexibility index (Phi) is 4.78. The quantitative estimate of drug-likeness (QED) is 0.790. The highest BCUT2D eigenvalue weighted by atomic mass is 16.1. The number of amides is 1. The van der Waals surface area contributed by atoms with Crippen molar-refractivity contribution in [2.45, 2.75) is 26.2 Å². The van der Waals surface area contributed by atoms with Gasteiger partial charge < -0.3 is 9.88 Å². The van der Waals surface area contributed by atoms with Gasteiger partial charge in [-0.15, -0.1) is 0 Å². The lowest BCUT2D eigenvalue weighted by molar-refractivity contribution is 0.0953. The molecule has 0 saturated carbocycles. The first-order chi connectivity index (χ1) is 9.31. The van der Waals surface area contributed by atoms with E-state index >= 15 is 0 Å². The molecule has 19 heavy (non-hydrogen) atoms. The van der Waals surface area contributed by atoms with Crippen LogP contribution >= 0.6 is 0 Å². The molecule has 100 valence electrons. The van der Waals surface area contributed by atoms with Crippen molar-refractivity contribution in [3.05, 3.63) is 54.4 Å². The summed E-state index contributed by atoms with van der Waals surface area (Å²) in [5, 5.41) is 2.96. The van der Waals surface area contributed by atoms with Crippen LogP contribution in [0.5, 0.6) is 0 Å². The molecule has 0 radical (unpaired) electrons. The van der Waals surface area contributed by atoms with E-state index in [1.54, 1.807) is 0 Å². The van der Waals surface area contributed by atoms with Crippen LogP contribution in [0.1, 0.15) is 36.5 Å². The molecule has 0 saturated heterocycles. The van der Waals surface area contributed by atoms with Crippen molar-refractivity contribution in [1.82, 2.24) is 9.88 Å². The molecule has 0 aliphatic rings. The fraction of sp³-hybridized carbons (Fsp3) is 0.312. The van der Waals surface area contributed by atoms with Gasteiger partial charge in [0, 0.05) is 30.2 Å². The second-order valence-corrected chi connectivity index (χ2v) is 4.60. The predicted octanol–water partition coefficient (Wildman–Crippen LogP) is 3.40. The number of carbonyl (C=O) groups excluding carboxylic acids is 1. The monoisotopic (exact) mass is 256 g/mol. The molecule has 3 nitrogen and oxygen atoms in total. The first-order valence-corrected chi connectivity index (χ1v) is 6.83. The summed E-state index contributed by atoms with van der Waals surface area (Å²) in [4.78, 5) is 12.0. The van der Waals surface area contributed by atoms with Crippen LogP contribution in [0.2, 0.25) is 0 Å². The molecule has 0 atom stereocenters. The summed E-state index contributed by atoms with van der Waals surface area (Å²) in [6.45, 7) is 2.91. The lowest BCUT2D eigenvalue weighted by Crippen LogP contribution is -2.24. The molecular weight excluding hydrogens is 236 g/mol. The van der Waals surface area contributed by atoms with Gasteiger partial charge in [-0.05, 0) is 36.8 Å². The standard InChI is InChI=1S/C16H20N2O/c1-2-3-4-10-17-16(19)14-8-7-9-15(13-14)18-11-5-6-12-18/h5-9,11-13H,2-4,10H2,1H3,(H,17,19). The second-order valence-electron chi connectivity index (χ2n) is 4.60. The maximum atomic E-state index is 12.0. The number of benzene rings is 1. The van der Waals surface area contributed by atoms with E-state index in [4.69, 9.17) is 0 Å². The van der Waals surface area contributed by atoms with E-state index in [-0.39, 0.29) is 5.91 Å². The van der Waals surface area contributed by atoms with Crippen molar-refractivity contribution in [2.24, 2.45) is 0 Å². The molecule has 1 aromatic carbocycles. The van der Waals surface area contributed by atoms with E-state index in [2.05, 4.69) is 12.2 Å². The molecule has 0 fully saturated rings. The number of hydrogen-bond donors (Lipinski definition) is 1. The van der Waals surface area contributed by atoms with Crippen molar-refractivity contribution in [1.29, 1.82) is 0 Å². The lowest BCUT2D eigenvalue weighted by Gasteiger charge is -2.07. The summed E-state index contributed by atoms with van der Waals surface area (Å²) >= 11 is 0. The smallest absolute Gasteiger partial charge is 0.251 e. The third kappa shape index (κ3) is 3.71. The molecule has 1 heterocycles. The van der Waals surface area contributed by atoms with Gasteiger partial charge in [0.2, 0.25) is 0 Å². The Bertz CT molecular complexity index is 517. The highest BCUT2D eigenvalue weighted by Crippen LogP contribution is 2.11. The molecular formula is C16H20N2O. The average molecular weight is 256 g/mol. The lowest BCUT2D eigenvalue weighted by atomic mass is 10.2. The van der Waals surface area contributed by atoms with Crippen LogP contribution in [0.15, 0.2) is 48.8 Å². The van der Waals surface area contributed by atoms with Gasteiger partial charge in [-0.2, -0.15) is 0 Å². The number of hydrogen-bond acceptors (Lipinski definition) is 1. The zero-order chi connectivity index (χ0) is 13.5. The van der Waals surface area contributed by atoms with Gasteiger partial charge in [0.15, 0.2) is 0 Å². The van der Waals surface area contributed by atoms with E-state index in [1.807, 2.05) is 53.4 Å². The number of rotatable bonds is 6. The maximum Gasteiger partial charge on any atom is 0.251 e. The van der Waals surface area contributed by atoms with Crippen LogP contribution in [0.3, 0.4) is 0 Å². The molecule has 1 amide bonds. The summed E-state index contributed by atoms with van der Waals surface area (Å²) in [5.74, 6) is 0.00473. The zero-order valence-corrected chi connectivity index (χ0v) is 11.3. The Hall–Kier alpha value is -2.03. The first kappa shape index (κ1) is 13.4. The Labute approximate surface area is 114 Å². The molecule has 0 aliphatic carbocycles. The van der Waals surface area contributed by atoms with Crippen molar-refractivity contribution in [3.63, 3.8) is 0 Å². The molecule has 1 N–H and O–H groups in total. The topological polar surface area (TPSA) is 34.0 Å². The van der Waals surface area contributed by atoms with Gasteiger partial charge in [-0.25, -0.2) is 0 Å². The van der Waals surface area contributed by atoms with E-state index in [0.29, 0.717) is 5.56 Å². The summed E-state index contributed by atoms with van der Waals surface area (Å²) in [7, 11) is 0. The minimum absolute atomic E-state index is 0.00473. The van der Waals surface area contributed by atoms with E-state index < -0.39 is 0 Å². The highest BCUT2D eigenvalue weighted by molar-refractivity contribution is 5.94. The summed E-state index contributed by atoms with van der Waals surface area (Å²) in [6.07, 6.45) is 7.30. The minimum Gasteiger partial charge on any atom is -0.352 e. The molecule has 2 aromatic rings. The maximum absolute atomic E-state index is 12.0. The Balaban J connectivity index is 2.00. The third-order valence-electron chi connectivity index (χ3n) is 3.08. The zero-order valence-electron chi connectivity index (χ0n) is 11.3. The molecule has 1 aromatic heterocycles. The van der Waals surface area contributed by atoms with Crippen molar-refractivity contribution in [2.75, 3.05) is 6.54 Å². The van der Waals surface area contributed by atoms with Crippen molar-refractivity contribution in [3.8, 4) is 5.69 Å². The van der Waals surface area contributed by atoms with Crippen LogP contribution in [-0.2, 0) is 0 Å². The fourth-order valence-corrected chi connectivity index (χ4v) is 1.99. The van der Waals surface area contributed by atoms with Crippen LogP contribution < -0.4 is 5.32 Å². The summed E-state index contributed by atoms with van der Waals surface area (Å²) < 4.78 is 1.99. The second kappa shape index (κ2) is 6.78. The summed E-state index contributed by atoms with van der Waals surface area (Å²) in [5.41, 5.74) is 1.72. The van der Waals surface area contributed by atoms with Crippen LogP contribution in [-0.4, -0.2) is 17.0 Å². The Morgan fingerprint density at radius 1 is 1.16 bits per heavy atom. The number of nitrogens with one attached hydrogen (secondary N) is 1. The van der Waals surface area contributed by atoms with Crippen LogP contribution in [0, 0.1) is 0 Å². The van der Waals surface area contributed by atoms with Crippen molar-refractivity contribution < 1.29 is 4.79 Å². The van der Waals surface area contributed by atoms with E-state index in [0.717, 1.165) is 25.1 Å². The van der Waals surface area contributed by atoms with E-state index in [9.17, 15) is 4.79 Å². The minimum atomic E-state index is 0.00473. The largest absolute Gasteiger partial charge is 0.352 e. The summed E-state index contributed by atoms with van der Waals surface area (Å²) in [6, 6.07) is 11.6. The molecule has 0 spiro atoms. The van der Waals surface area contributed by atoms with Crippen molar-refractivity contribution >= 4 is 5.91 Å². The van der Waals surface area contributed by atoms with Crippen LogP contribution in [0.25, 0.3) is 5.69 Å². The predicted molar refractivity (Wildman–Crippen MR) is 77.6 cm³/mol. The molecule has 2 rings (SSSR count). The highest BCUT2D eigenvalue weighted by Gasteiger charge is 2.05. The van der Waals surface area contributed by atoms with Gasteiger partial charge in [0.05, 0.1) is 0 Å². The molecule has 0 aliphatic heterocycles. The van der Waals surface area contributed by atoms with Gasteiger partial charge in [-0.1, -0.05) is 25.8 Å². The van der Waals surface area contributed by atoms with Gasteiger partial charge >= 0.3 is 0 Å². The Morgan fingerprint density at radius 2 is 1.95 bits per heavy atom. The van der Waals surface area contributed by atoms with E-state index in [1.165, 1.54) is 6.42 Å². The Morgan fingerprint density at radius 3 is 2.68 bits per heavy atom. The van der Waals surface area contributed by atoms with Crippen LogP contribution in [0.4, 0.5) is 0 Å². The molecule has 0 bridgehead atoms. The number of nitrogens with zero attached hydrogens (tertiary/aromatic N) is 1. The van der Waals surface area contributed by atoms with Gasteiger partial charge in [0.1, 0.15) is 0 Å². The number of carbonyl (C=O) groups is 1. The normalized spacial score (nSPS) is 10.4. The SMILES string of the molecule is CCCCCNC(=O)c1cccc(-n2cccc2)c1. The average Bonchev–Trinajstić information content (AvgIpc) is 2.98. The third-order valence-corrected chi connectivity index (χ3v) is 3.08.